The SMILES string of the molecule is CCC(=O)N1CCCC(C(=O)Oc2cc(C(=O)N(C)C)ccc2C)C1. The minimum absolute atomic E-state index is 0.0623. The number of benzene rings is 1. The van der Waals surface area contributed by atoms with Gasteiger partial charge in [-0.1, -0.05) is 13.0 Å². The summed E-state index contributed by atoms with van der Waals surface area (Å²) in [7, 11) is 3.35. The molecule has 1 aromatic rings. The summed E-state index contributed by atoms with van der Waals surface area (Å²) in [5, 5.41) is 0. The van der Waals surface area contributed by atoms with E-state index in [1.807, 2.05) is 13.8 Å². The van der Waals surface area contributed by atoms with Crippen molar-refractivity contribution in [1.82, 2.24) is 9.80 Å². The second-order valence-electron chi connectivity index (χ2n) is 6.63. The van der Waals surface area contributed by atoms with Gasteiger partial charge in [0, 0.05) is 39.2 Å². The number of carbonyl (C=O) groups is 3. The van der Waals surface area contributed by atoms with Gasteiger partial charge in [0.25, 0.3) is 5.91 Å². The molecule has 0 radical (unpaired) electrons. The van der Waals surface area contributed by atoms with Gasteiger partial charge in [-0.2, -0.15) is 0 Å². The Morgan fingerprint density at radius 1 is 1.28 bits per heavy atom. The minimum Gasteiger partial charge on any atom is -0.426 e. The quantitative estimate of drug-likeness (QED) is 0.619. The normalized spacial score (nSPS) is 17.1. The molecule has 0 spiro atoms. The number of ether oxygens (including phenoxy) is 1. The molecule has 136 valence electrons. The topological polar surface area (TPSA) is 66.9 Å². The van der Waals surface area contributed by atoms with Crippen LogP contribution in [0.2, 0.25) is 0 Å². The second-order valence-corrected chi connectivity index (χ2v) is 6.63. The summed E-state index contributed by atoms with van der Waals surface area (Å²) in [4.78, 5) is 39.7. The van der Waals surface area contributed by atoms with Crippen molar-refractivity contribution < 1.29 is 19.1 Å². The molecule has 25 heavy (non-hydrogen) atoms. The highest BCUT2D eigenvalue weighted by Crippen LogP contribution is 2.24. The van der Waals surface area contributed by atoms with E-state index in [-0.39, 0.29) is 23.7 Å². The molecule has 1 aliphatic heterocycles. The van der Waals surface area contributed by atoms with Crippen LogP contribution in [-0.4, -0.2) is 54.8 Å². The maximum Gasteiger partial charge on any atom is 0.316 e. The molecule has 6 nitrogen and oxygen atoms in total. The van der Waals surface area contributed by atoms with Crippen LogP contribution in [0.3, 0.4) is 0 Å². The lowest BCUT2D eigenvalue weighted by Gasteiger charge is -2.31. The predicted molar refractivity (Wildman–Crippen MR) is 94.4 cm³/mol. The molecule has 0 bridgehead atoms. The summed E-state index contributed by atoms with van der Waals surface area (Å²) in [6.45, 7) is 4.75. The first-order chi connectivity index (χ1) is 11.8. The minimum atomic E-state index is -0.342. The van der Waals surface area contributed by atoms with Crippen molar-refractivity contribution in [2.75, 3.05) is 27.2 Å². The van der Waals surface area contributed by atoms with Gasteiger partial charge in [0.2, 0.25) is 5.91 Å². The van der Waals surface area contributed by atoms with Crippen LogP contribution in [0.5, 0.6) is 5.75 Å². The van der Waals surface area contributed by atoms with Crippen LogP contribution in [0.1, 0.15) is 42.1 Å². The first-order valence-corrected chi connectivity index (χ1v) is 8.65. The van der Waals surface area contributed by atoms with E-state index < -0.39 is 0 Å². The molecule has 1 atom stereocenters. The molecule has 0 N–H and O–H groups in total. The Labute approximate surface area is 148 Å². The van der Waals surface area contributed by atoms with E-state index in [4.69, 9.17) is 4.74 Å². The highest BCUT2D eigenvalue weighted by atomic mass is 16.5. The van der Waals surface area contributed by atoms with Crippen molar-refractivity contribution in [3.8, 4) is 5.75 Å². The fourth-order valence-corrected chi connectivity index (χ4v) is 2.91. The summed E-state index contributed by atoms with van der Waals surface area (Å²) in [5.74, 6) is -0.346. The Hall–Kier alpha value is -2.37. The van der Waals surface area contributed by atoms with Gasteiger partial charge in [-0.3, -0.25) is 14.4 Å². The molecule has 2 amide bonds. The van der Waals surface area contributed by atoms with Gasteiger partial charge in [0.05, 0.1) is 5.92 Å². The summed E-state index contributed by atoms with van der Waals surface area (Å²) >= 11 is 0. The third-order valence-electron chi connectivity index (χ3n) is 4.46. The van der Waals surface area contributed by atoms with Crippen molar-refractivity contribution >= 4 is 17.8 Å². The zero-order valence-electron chi connectivity index (χ0n) is 15.4. The van der Waals surface area contributed by atoms with Crippen LogP contribution >= 0.6 is 0 Å². The molecule has 2 rings (SSSR count). The molecule has 0 aromatic heterocycles. The van der Waals surface area contributed by atoms with Crippen LogP contribution in [-0.2, 0) is 9.59 Å². The van der Waals surface area contributed by atoms with Gasteiger partial charge < -0.3 is 14.5 Å². The van der Waals surface area contributed by atoms with Crippen LogP contribution in [0.15, 0.2) is 18.2 Å². The lowest BCUT2D eigenvalue weighted by atomic mass is 9.98. The first-order valence-electron chi connectivity index (χ1n) is 8.65. The third kappa shape index (κ3) is 4.59. The predicted octanol–water partition coefficient (Wildman–Crippen LogP) is 2.25. The molecular weight excluding hydrogens is 320 g/mol. The summed E-state index contributed by atoms with van der Waals surface area (Å²) < 4.78 is 5.57. The Morgan fingerprint density at radius 3 is 2.64 bits per heavy atom. The van der Waals surface area contributed by atoms with Gasteiger partial charge in [0.1, 0.15) is 5.75 Å². The number of nitrogens with zero attached hydrogens (tertiary/aromatic N) is 2. The fourth-order valence-electron chi connectivity index (χ4n) is 2.91. The monoisotopic (exact) mass is 346 g/mol. The molecule has 1 fully saturated rings. The second kappa shape index (κ2) is 8.14. The van der Waals surface area contributed by atoms with Crippen LogP contribution in [0.25, 0.3) is 0 Å². The number of hydrogen-bond donors (Lipinski definition) is 0. The average molecular weight is 346 g/mol. The molecule has 1 heterocycles. The van der Waals surface area contributed by atoms with Gasteiger partial charge in [-0.05, 0) is 37.5 Å². The number of amides is 2. The van der Waals surface area contributed by atoms with Gasteiger partial charge in [-0.25, -0.2) is 0 Å². The van der Waals surface area contributed by atoms with E-state index in [0.29, 0.717) is 37.2 Å². The Kier molecular flexibility index (Phi) is 6.17. The van der Waals surface area contributed by atoms with Gasteiger partial charge >= 0.3 is 5.97 Å². The largest absolute Gasteiger partial charge is 0.426 e. The summed E-state index contributed by atoms with van der Waals surface area (Å²) in [6.07, 6.45) is 1.95. The van der Waals surface area contributed by atoms with Gasteiger partial charge in [0.15, 0.2) is 0 Å². The van der Waals surface area contributed by atoms with Crippen molar-refractivity contribution in [1.29, 1.82) is 0 Å². The molecule has 1 aromatic carbocycles. The third-order valence-corrected chi connectivity index (χ3v) is 4.46. The number of rotatable bonds is 4. The van der Waals surface area contributed by atoms with E-state index in [1.54, 1.807) is 37.2 Å². The average Bonchev–Trinajstić information content (AvgIpc) is 2.62. The smallest absolute Gasteiger partial charge is 0.316 e. The Balaban J connectivity index is 2.10. The van der Waals surface area contributed by atoms with E-state index in [2.05, 4.69) is 0 Å². The molecule has 0 saturated carbocycles. The molecule has 0 aliphatic carbocycles. The fraction of sp³-hybridized carbons (Fsp3) is 0.526. The maximum atomic E-state index is 12.5. The van der Waals surface area contributed by atoms with Crippen LogP contribution in [0.4, 0.5) is 0 Å². The summed E-state index contributed by atoms with van der Waals surface area (Å²) in [5.41, 5.74) is 1.27. The van der Waals surface area contributed by atoms with E-state index >= 15 is 0 Å². The van der Waals surface area contributed by atoms with Crippen molar-refractivity contribution in [2.24, 2.45) is 5.92 Å². The van der Waals surface area contributed by atoms with Crippen molar-refractivity contribution in [3.63, 3.8) is 0 Å². The highest BCUT2D eigenvalue weighted by Gasteiger charge is 2.29. The van der Waals surface area contributed by atoms with Crippen LogP contribution in [0, 0.1) is 12.8 Å². The summed E-state index contributed by atoms with van der Waals surface area (Å²) in [6, 6.07) is 5.09. The van der Waals surface area contributed by atoms with E-state index in [9.17, 15) is 14.4 Å². The zero-order chi connectivity index (χ0) is 18.6. The number of esters is 1. The first kappa shape index (κ1) is 19.0. The number of aryl methyl sites for hydroxylation is 1. The lowest BCUT2D eigenvalue weighted by Crippen LogP contribution is -2.43. The molecule has 1 unspecified atom stereocenters. The van der Waals surface area contributed by atoms with Crippen molar-refractivity contribution in [3.05, 3.63) is 29.3 Å². The molecule has 1 saturated heterocycles. The number of likely N-dealkylation sites (tertiary alicyclic amines) is 1. The Morgan fingerprint density at radius 2 is 2.00 bits per heavy atom. The van der Waals surface area contributed by atoms with Crippen molar-refractivity contribution in [2.45, 2.75) is 33.1 Å². The van der Waals surface area contributed by atoms with E-state index in [0.717, 1.165) is 12.0 Å². The number of hydrogen-bond acceptors (Lipinski definition) is 4. The lowest BCUT2D eigenvalue weighted by molar-refractivity contribution is -0.143. The Bertz CT molecular complexity index is 669. The number of carbonyl (C=O) groups excluding carboxylic acids is 3. The van der Waals surface area contributed by atoms with E-state index in [1.165, 1.54) is 4.90 Å². The molecule has 1 aliphatic rings. The molecule has 6 heteroatoms. The molecular formula is C19H26N2O4. The highest BCUT2D eigenvalue weighted by molar-refractivity contribution is 5.94. The van der Waals surface area contributed by atoms with Crippen LogP contribution < -0.4 is 4.74 Å². The van der Waals surface area contributed by atoms with Gasteiger partial charge in [-0.15, -0.1) is 0 Å². The number of piperidine rings is 1. The zero-order valence-corrected chi connectivity index (χ0v) is 15.4. The maximum absolute atomic E-state index is 12.5. The standard InChI is InChI=1S/C19H26N2O4/c1-5-17(22)21-10-6-7-15(12-21)19(24)25-16-11-14(9-8-13(16)2)18(23)20(3)4/h8-9,11,15H,5-7,10,12H2,1-4H3.